The van der Waals surface area contributed by atoms with Gasteiger partial charge >= 0.3 is 0 Å². The van der Waals surface area contributed by atoms with E-state index in [2.05, 4.69) is 15.6 Å². The highest BCUT2D eigenvalue weighted by Crippen LogP contribution is 2.21. The van der Waals surface area contributed by atoms with Gasteiger partial charge in [0.2, 0.25) is 11.8 Å². The minimum absolute atomic E-state index is 0.276. The van der Waals surface area contributed by atoms with Crippen molar-refractivity contribution in [3.8, 4) is 0 Å². The summed E-state index contributed by atoms with van der Waals surface area (Å²) in [6.07, 6.45) is 3.26. The monoisotopic (exact) mass is 366 g/mol. The van der Waals surface area contributed by atoms with E-state index in [1.807, 2.05) is 6.07 Å². The van der Waals surface area contributed by atoms with Gasteiger partial charge in [-0.2, -0.15) is 0 Å². The normalized spacial score (nSPS) is 13.9. The van der Waals surface area contributed by atoms with Crippen LogP contribution in [0.3, 0.4) is 0 Å². The number of amides is 4. The topological polar surface area (TPSA) is 108 Å². The minimum Gasteiger partial charge on any atom is -0.350 e. The highest BCUT2D eigenvalue weighted by Gasteiger charge is 2.36. The smallest absolute Gasteiger partial charge is 0.262 e. The molecule has 0 saturated carbocycles. The zero-order valence-corrected chi connectivity index (χ0v) is 14.6. The number of carbonyl (C=O) groups is 4. The van der Waals surface area contributed by atoms with Crippen molar-refractivity contribution in [3.05, 3.63) is 65.5 Å². The molecule has 27 heavy (non-hydrogen) atoms. The van der Waals surface area contributed by atoms with Gasteiger partial charge in [-0.3, -0.25) is 29.1 Å². The van der Waals surface area contributed by atoms with Gasteiger partial charge in [0.25, 0.3) is 11.8 Å². The number of carbonyl (C=O) groups excluding carboxylic acids is 4. The van der Waals surface area contributed by atoms with Gasteiger partial charge in [-0.05, 0) is 30.7 Å². The molecule has 2 aromatic rings. The molecule has 1 atom stereocenters. The van der Waals surface area contributed by atoms with Gasteiger partial charge in [0.1, 0.15) is 12.6 Å². The lowest BCUT2D eigenvalue weighted by Crippen LogP contribution is -2.48. The van der Waals surface area contributed by atoms with Crippen molar-refractivity contribution in [3.63, 3.8) is 0 Å². The Hall–Kier alpha value is -3.55. The molecule has 8 nitrogen and oxygen atoms in total. The Morgan fingerprint density at radius 1 is 1.07 bits per heavy atom. The van der Waals surface area contributed by atoms with Gasteiger partial charge in [-0.1, -0.05) is 18.2 Å². The van der Waals surface area contributed by atoms with Crippen LogP contribution in [0.4, 0.5) is 0 Å². The first-order valence-electron chi connectivity index (χ1n) is 8.38. The molecule has 3 rings (SSSR count). The Morgan fingerprint density at radius 2 is 1.74 bits per heavy atom. The van der Waals surface area contributed by atoms with E-state index >= 15 is 0 Å². The molecular formula is C19H18N4O4. The molecular weight excluding hydrogens is 348 g/mol. The van der Waals surface area contributed by atoms with Crippen LogP contribution in [0, 0.1) is 0 Å². The zero-order chi connectivity index (χ0) is 19.4. The number of fused-ring (bicyclic) bond motifs is 1. The second-order valence-electron chi connectivity index (χ2n) is 6.11. The second-order valence-corrected chi connectivity index (χ2v) is 6.11. The molecule has 2 heterocycles. The molecule has 2 N–H and O–H groups in total. The summed E-state index contributed by atoms with van der Waals surface area (Å²) < 4.78 is 0. The number of pyridine rings is 1. The lowest BCUT2D eigenvalue weighted by atomic mass is 10.1. The average Bonchev–Trinajstić information content (AvgIpc) is 2.92. The predicted molar refractivity (Wildman–Crippen MR) is 95.5 cm³/mol. The van der Waals surface area contributed by atoms with Crippen LogP contribution in [-0.4, -0.2) is 46.1 Å². The van der Waals surface area contributed by atoms with Crippen LogP contribution in [0.1, 0.15) is 33.2 Å². The highest BCUT2D eigenvalue weighted by atomic mass is 16.2. The van der Waals surface area contributed by atoms with Gasteiger partial charge in [-0.25, -0.2) is 0 Å². The summed E-state index contributed by atoms with van der Waals surface area (Å²) in [6.45, 7) is 1.37. The number of hydrogen-bond donors (Lipinski definition) is 2. The van der Waals surface area contributed by atoms with Crippen molar-refractivity contribution < 1.29 is 19.2 Å². The first kappa shape index (κ1) is 18.2. The van der Waals surface area contributed by atoms with E-state index in [4.69, 9.17) is 0 Å². The van der Waals surface area contributed by atoms with Crippen LogP contribution in [0.2, 0.25) is 0 Å². The average molecular weight is 366 g/mol. The van der Waals surface area contributed by atoms with Gasteiger partial charge in [-0.15, -0.1) is 0 Å². The van der Waals surface area contributed by atoms with Crippen molar-refractivity contribution in [2.45, 2.75) is 19.5 Å². The Labute approximate surface area is 155 Å². The summed E-state index contributed by atoms with van der Waals surface area (Å²) in [4.78, 5) is 53.6. The third kappa shape index (κ3) is 4.00. The second kappa shape index (κ2) is 7.77. The number of nitrogens with one attached hydrogen (secondary N) is 2. The van der Waals surface area contributed by atoms with Crippen molar-refractivity contribution in [1.29, 1.82) is 0 Å². The molecule has 1 aromatic carbocycles. The van der Waals surface area contributed by atoms with E-state index in [9.17, 15) is 19.2 Å². The molecule has 0 bridgehead atoms. The summed E-state index contributed by atoms with van der Waals surface area (Å²) in [5.41, 5.74) is 1.38. The lowest BCUT2D eigenvalue weighted by Gasteiger charge is -2.17. The Kier molecular flexibility index (Phi) is 5.25. The molecule has 0 aliphatic carbocycles. The SMILES string of the molecule is C[C@H](NC(=O)CN1C(=O)c2ccccc2C1=O)C(=O)NCc1cccnc1. The van der Waals surface area contributed by atoms with Crippen molar-refractivity contribution in [2.75, 3.05) is 6.54 Å². The molecule has 1 aliphatic heterocycles. The van der Waals surface area contributed by atoms with Gasteiger partial charge in [0.05, 0.1) is 11.1 Å². The molecule has 0 spiro atoms. The molecule has 0 unspecified atom stereocenters. The summed E-state index contributed by atoms with van der Waals surface area (Å²) in [5.74, 6) is -2.00. The summed E-state index contributed by atoms with van der Waals surface area (Å²) in [5, 5.41) is 5.19. The highest BCUT2D eigenvalue weighted by molar-refractivity contribution is 6.22. The molecule has 1 aliphatic rings. The van der Waals surface area contributed by atoms with Crippen LogP contribution in [-0.2, 0) is 16.1 Å². The number of hydrogen-bond acceptors (Lipinski definition) is 5. The fourth-order valence-corrected chi connectivity index (χ4v) is 2.72. The zero-order valence-electron chi connectivity index (χ0n) is 14.6. The third-order valence-corrected chi connectivity index (χ3v) is 4.14. The van der Waals surface area contributed by atoms with Crippen molar-refractivity contribution in [2.24, 2.45) is 0 Å². The van der Waals surface area contributed by atoms with Crippen LogP contribution >= 0.6 is 0 Å². The standard InChI is InChI=1S/C19H18N4O4/c1-12(17(25)21-10-13-5-4-8-20-9-13)22-16(24)11-23-18(26)14-6-2-3-7-15(14)19(23)27/h2-9,12H,10-11H2,1H3,(H,21,25)(H,22,24)/t12-/m0/s1. The van der Waals surface area contributed by atoms with Gasteiger partial charge in [0, 0.05) is 18.9 Å². The van der Waals surface area contributed by atoms with E-state index < -0.39 is 30.3 Å². The number of benzene rings is 1. The van der Waals surface area contributed by atoms with E-state index in [-0.39, 0.29) is 23.6 Å². The molecule has 4 amide bonds. The summed E-state index contributed by atoms with van der Waals surface area (Å²) in [6, 6.07) is 9.16. The van der Waals surface area contributed by atoms with Gasteiger partial charge in [0.15, 0.2) is 0 Å². The van der Waals surface area contributed by atoms with E-state index in [0.29, 0.717) is 0 Å². The Bertz CT molecular complexity index is 863. The van der Waals surface area contributed by atoms with E-state index in [1.165, 1.54) is 6.92 Å². The van der Waals surface area contributed by atoms with Crippen LogP contribution in [0.5, 0.6) is 0 Å². The third-order valence-electron chi connectivity index (χ3n) is 4.14. The van der Waals surface area contributed by atoms with Crippen LogP contribution < -0.4 is 10.6 Å². The maximum Gasteiger partial charge on any atom is 0.262 e. The summed E-state index contributed by atoms with van der Waals surface area (Å²) in [7, 11) is 0. The number of rotatable bonds is 6. The molecule has 0 radical (unpaired) electrons. The minimum atomic E-state index is -0.815. The van der Waals surface area contributed by atoms with Crippen molar-refractivity contribution in [1.82, 2.24) is 20.5 Å². The molecule has 0 saturated heterocycles. The molecule has 1 aromatic heterocycles. The number of aromatic nitrogens is 1. The maximum absolute atomic E-state index is 12.3. The Morgan fingerprint density at radius 3 is 2.33 bits per heavy atom. The van der Waals surface area contributed by atoms with Crippen LogP contribution in [0.15, 0.2) is 48.8 Å². The van der Waals surface area contributed by atoms with E-state index in [0.717, 1.165) is 10.5 Å². The summed E-state index contributed by atoms with van der Waals surface area (Å²) >= 11 is 0. The lowest BCUT2D eigenvalue weighted by molar-refractivity contribution is -0.128. The molecule has 8 heteroatoms. The predicted octanol–water partition coefficient (Wildman–Crippen LogP) is 0.499. The van der Waals surface area contributed by atoms with Crippen molar-refractivity contribution >= 4 is 23.6 Å². The first-order chi connectivity index (χ1) is 13.0. The maximum atomic E-state index is 12.3. The number of imide groups is 1. The number of nitrogens with zero attached hydrogens (tertiary/aromatic N) is 2. The van der Waals surface area contributed by atoms with Gasteiger partial charge < -0.3 is 10.6 Å². The fraction of sp³-hybridized carbons (Fsp3) is 0.211. The fourth-order valence-electron chi connectivity index (χ4n) is 2.72. The molecule has 138 valence electrons. The molecule has 0 fully saturated rings. The van der Waals surface area contributed by atoms with E-state index in [1.54, 1.807) is 42.7 Å². The quantitative estimate of drug-likeness (QED) is 0.724. The Balaban J connectivity index is 1.52. The first-order valence-corrected chi connectivity index (χ1v) is 8.38. The van der Waals surface area contributed by atoms with Crippen LogP contribution in [0.25, 0.3) is 0 Å². The largest absolute Gasteiger partial charge is 0.350 e.